The Bertz CT molecular complexity index is 636. The third kappa shape index (κ3) is 5.92. The molecular weight excluding hydrogens is 294 g/mol. The average molecular weight is 328 g/mol. The molecule has 0 saturated carbocycles. The second kappa shape index (κ2) is 8.64. The maximum absolute atomic E-state index is 5.89. The van der Waals surface area contributed by atoms with Gasteiger partial charge in [-0.3, -0.25) is 4.90 Å². The van der Waals surface area contributed by atoms with E-state index in [1.54, 1.807) is 0 Å². The van der Waals surface area contributed by atoms with Gasteiger partial charge in [-0.05, 0) is 80.7 Å². The number of hydrogen-bond donors (Lipinski definition) is 0. The maximum atomic E-state index is 5.89. The molecule has 0 spiro atoms. The smallest absolute Gasteiger partial charge is 0.0724 e. The lowest BCUT2D eigenvalue weighted by Gasteiger charge is -2.21. The van der Waals surface area contributed by atoms with E-state index in [0.29, 0.717) is 6.61 Å². The van der Waals surface area contributed by atoms with Crippen LogP contribution in [-0.2, 0) is 17.9 Å². The van der Waals surface area contributed by atoms with Crippen molar-refractivity contribution in [3.8, 4) is 0 Å². The van der Waals surface area contributed by atoms with E-state index in [1.807, 2.05) is 0 Å². The largest absolute Gasteiger partial charge is 0.371 e. The first kappa shape index (κ1) is 19.0. The first-order valence-corrected chi connectivity index (χ1v) is 9.29. The molecule has 0 bridgehead atoms. The summed E-state index contributed by atoms with van der Waals surface area (Å²) in [4.78, 5) is 2.55. The van der Waals surface area contributed by atoms with Gasteiger partial charge in [0.15, 0.2) is 0 Å². The van der Waals surface area contributed by atoms with Crippen molar-refractivity contribution in [1.82, 2.24) is 4.90 Å². The van der Waals surface area contributed by atoms with Crippen molar-refractivity contribution < 1.29 is 4.74 Å². The summed E-state index contributed by atoms with van der Waals surface area (Å²) >= 11 is 0. The van der Waals surface area contributed by atoms with Gasteiger partial charge in [-0.15, -0.1) is 0 Å². The van der Waals surface area contributed by atoms with Gasteiger partial charge in [0.2, 0.25) is 0 Å². The average Bonchev–Trinajstić information content (AvgIpc) is 2.52. The van der Waals surface area contributed by atoms with Gasteiger partial charge >= 0.3 is 0 Å². The number of fused-ring (bicyclic) bond motifs is 1. The van der Waals surface area contributed by atoms with E-state index < -0.39 is 0 Å². The van der Waals surface area contributed by atoms with Gasteiger partial charge in [0.25, 0.3) is 0 Å². The van der Waals surface area contributed by atoms with E-state index in [4.69, 9.17) is 4.74 Å². The van der Waals surface area contributed by atoms with Gasteiger partial charge in [-0.2, -0.15) is 0 Å². The minimum absolute atomic E-state index is 0.0964. The van der Waals surface area contributed by atoms with Crippen LogP contribution >= 0.6 is 0 Å². The first-order valence-electron chi connectivity index (χ1n) is 9.29. The highest BCUT2D eigenvalue weighted by atomic mass is 16.5. The van der Waals surface area contributed by atoms with E-state index in [-0.39, 0.29) is 5.60 Å². The maximum Gasteiger partial charge on any atom is 0.0724 e. The van der Waals surface area contributed by atoms with Gasteiger partial charge in [0, 0.05) is 6.54 Å². The summed E-state index contributed by atoms with van der Waals surface area (Å²) in [6.07, 6.45) is 2.43. The zero-order valence-corrected chi connectivity index (χ0v) is 16.1. The molecule has 0 fully saturated rings. The van der Waals surface area contributed by atoms with Crippen molar-refractivity contribution in [2.75, 3.05) is 13.1 Å². The second-order valence-corrected chi connectivity index (χ2v) is 7.69. The van der Waals surface area contributed by atoms with Crippen LogP contribution in [0.15, 0.2) is 36.4 Å². The van der Waals surface area contributed by atoms with Crippen molar-refractivity contribution in [2.24, 2.45) is 0 Å². The molecule has 0 aliphatic heterocycles. The van der Waals surface area contributed by atoms with Crippen molar-refractivity contribution in [1.29, 1.82) is 0 Å². The lowest BCUT2D eigenvalue weighted by Crippen LogP contribution is -2.24. The molecule has 0 amide bonds. The van der Waals surface area contributed by atoms with Gasteiger partial charge in [0.05, 0.1) is 12.2 Å². The minimum atomic E-state index is -0.0964. The molecule has 0 aliphatic carbocycles. The first-order chi connectivity index (χ1) is 11.4. The quantitative estimate of drug-likeness (QED) is 0.609. The zero-order chi connectivity index (χ0) is 17.6. The standard InChI is InChI=1S/C22H33NO/c1-6-12-23(13-7-2)16-18-8-10-21-15-19(9-11-20(21)14-18)17-24-22(3,4)5/h8-11,14-15H,6-7,12-13,16-17H2,1-5H3. The predicted octanol–water partition coefficient (Wildman–Crippen LogP) is 5.78. The fourth-order valence-electron chi connectivity index (χ4n) is 2.99. The molecule has 2 aromatic rings. The molecule has 0 heterocycles. The third-order valence-corrected chi connectivity index (χ3v) is 4.13. The number of hydrogen-bond acceptors (Lipinski definition) is 2. The Morgan fingerprint density at radius 3 is 1.92 bits per heavy atom. The van der Waals surface area contributed by atoms with E-state index in [1.165, 1.54) is 47.8 Å². The Balaban J connectivity index is 2.11. The molecule has 0 atom stereocenters. The van der Waals surface area contributed by atoms with Gasteiger partial charge in [-0.1, -0.05) is 38.1 Å². The topological polar surface area (TPSA) is 12.5 Å². The van der Waals surface area contributed by atoms with Crippen molar-refractivity contribution in [2.45, 2.75) is 66.2 Å². The molecular formula is C22H33NO. The van der Waals surface area contributed by atoms with E-state index >= 15 is 0 Å². The normalized spacial score (nSPS) is 12.2. The van der Waals surface area contributed by atoms with Crippen LogP contribution in [0.1, 0.15) is 58.6 Å². The molecule has 132 valence electrons. The molecule has 0 unspecified atom stereocenters. The molecule has 2 nitrogen and oxygen atoms in total. The lowest BCUT2D eigenvalue weighted by molar-refractivity contribution is -0.0149. The summed E-state index contributed by atoms with van der Waals surface area (Å²) < 4.78 is 5.89. The highest BCUT2D eigenvalue weighted by Crippen LogP contribution is 2.21. The summed E-state index contributed by atoms with van der Waals surface area (Å²) in [5, 5.41) is 2.62. The van der Waals surface area contributed by atoms with Crippen LogP contribution < -0.4 is 0 Å². The monoisotopic (exact) mass is 327 g/mol. The Hall–Kier alpha value is -1.38. The zero-order valence-electron chi connectivity index (χ0n) is 16.1. The Morgan fingerprint density at radius 1 is 0.833 bits per heavy atom. The molecule has 2 aromatic carbocycles. The van der Waals surface area contributed by atoms with E-state index in [0.717, 1.165) is 6.54 Å². The molecule has 2 heteroatoms. The second-order valence-electron chi connectivity index (χ2n) is 7.69. The van der Waals surface area contributed by atoms with E-state index in [9.17, 15) is 0 Å². The minimum Gasteiger partial charge on any atom is -0.371 e. The summed E-state index contributed by atoms with van der Waals surface area (Å²) in [7, 11) is 0. The fraction of sp³-hybridized carbons (Fsp3) is 0.545. The highest BCUT2D eigenvalue weighted by molar-refractivity contribution is 5.83. The molecule has 0 aromatic heterocycles. The summed E-state index contributed by atoms with van der Waals surface area (Å²) in [5.41, 5.74) is 2.55. The fourth-order valence-corrected chi connectivity index (χ4v) is 2.99. The lowest BCUT2D eigenvalue weighted by atomic mass is 10.0. The number of nitrogens with zero attached hydrogens (tertiary/aromatic N) is 1. The number of rotatable bonds is 8. The molecule has 0 aliphatic rings. The highest BCUT2D eigenvalue weighted by Gasteiger charge is 2.10. The van der Waals surface area contributed by atoms with Crippen LogP contribution in [0.3, 0.4) is 0 Å². The predicted molar refractivity (Wildman–Crippen MR) is 104 cm³/mol. The van der Waals surface area contributed by atoms with Crippen molar-refractivity contribution in [3.05, 3.63) is 47.5 Å². The molecule has 24 heavy (non-hydrogen) atoms. The van der Waals surface area contributed by atoms with Crippen LogP contribution in [0, 0.1) is 0 Å². The molecule has 2 rings (SSSR count). The van der Waals surface area contributed by atoms with Crippen molar-refractivity contribution in [3.63, 3.8) is 0 Å². The summed E-state index contributed by atoms with van der Waals surface area (Å²) in [5.74, 6) is 0. The van der Waals surface area contributed by atoms with Gasteiger partial charge in [0.1, 0.15) is 0 Å². The number of benzene rings is 2. The Labute approximate surface area is 147 Å². The summed E-state index contributed by atoms with van der Waals surface area (Å²) in [6.45, 7) is 14.9. The molecule has 0 saturated heterocycles. The number of ether oxygens (including phenoxy) is 1. The van der Waals surface area contributed by atoms with Crippen LogP contribution in [0.25, 0.3) is 10.8 Å². The molecule has 0 radical (unpaired) electrons. The third-order valence-electron chi connectivity index (χ3n) is 4.13. The Kier molecular flexibility index (Phi) is 6.82. The van der Waals surface area contributed by atoms with Gasteiger partial charge < -0.3 is 4.74 Å². The van der Waals surface area contributed by atoms with Crippen LogP contribution in [0.5, 0.6) is 0 Å². The Morgan fingerprint density at radius 2 is 1.38 bits per heavy atom. The van der Waals surface area contributed by atoms with E-state index in [2.05, 4.69) is 75.9 Å². The molecule has 0 N–H and O–H groups in total. The SMILES string of the molecule is CCCN(CCC)Cc1ccc2cc(COC(C)(C)C)ccc2c1. The van der Waals surface area contributed by atoms with Crippen LogP contribution in [-0.4, -0.2) is 23.6 Å². The van der Waals surface area contributed by atoms with Crippen LogP contribution in [0.4, 0.5) is 0 Å². The summed E-state index contributed by atoms with van der Waals surface area (Å²) in [6, 6.07) is 13.5. The van der Waals surface area contributed by atoms with Crippen LogP contribution in [0.2, 0.25) is 0 Å². The van der Waals surface area contributed by atoms with Crippen molar-refractivity contribution >= 4 is 10.8 Å². The van der Waals surface area contributed by atoms with Gasteiger partial charge in [-0.25, -0.2) is 0 Å².